The lowest BCUT2D eigenvalue weighted by Gasteiger charge is -2.39. The molecule has 0 aliphatic carbocycles. The Morgan fingerprint density at radius 3 is 2.58 bits per heavy atom. The molecular formula is C14H10N3OS-. The summed E-state index contributed by atoms with van der Waals surface area (Å²) in [5.74, 6) is 0.601. The van der Waals surface area contributed by atoms with Crippen LogP contribution in [-0.4, -0.2) is 16.8 Å². The lowest BCUT2D eigenvalue weighted by molar-refractivity contribution is -0.123. The minimum absolute atomic E-state index is 0.102. The summed E-state index contributed by atoms with van der Waals surface area (Å²) >= 11 is 5.05. The summed E-state index contributed by atoms with van der Waals surface area (Å²) in [5.41, 5.74) is -0.0281. The predicted molar refractivity (Wildman–Crippen MR) is 75.5 cm³/mol. The molecule has 1 fully saturated rings. The maximum atomic E-state index is 11.9. The third kappa shape index (κ3) is 1.88. The van der Waals surface area contributed by atoms with Crippen LogP contribution >= 0.6 is 12.2 Å². The summed E-state index contributed by atoms with van der Waals surface area (Å²) in [6.07, 6.45) is 0. The van der Waals surface area contributed by atoms with Gasteiger partial charge in [-0.05, 0) is 12.5 Å². The van der Waals surface area contributed by atoms with Gasteiger partial charge in [0.05, 0.1) is 11.5 Å². The van der Waals surface area contributed by atoms with Gasteiger partial charge in [0.1, 0.15) is 10.9 Å². The highest BCUT2D eigenvalue weighted by Crippen LogP contribution is 2.40. The smallest absolute Gasteiger partial charge is 0.243 e. The number of nitriles is 1. The molecule has 1 heterocycles. The number of nitrogens with zero attached hydrogens (tertiary/aromatic N) is 2. The zero-order valence-corrected chi connectivity index (χ0v) is 11.0. The van der Waals surface area contributed by atoms with E-state index in [1.807, 2.05) is 18.0 Å². The summed E-state index contributed by atoms with van der Waals surface area (Å²) < 4.78 is 0. The third-order valence-corrected chi connectivity index (χ3v) is 3.74. The van der Waals surface area contributed by atoms with E-state index in [1.165, 1.54) is 0 Å². The van der Waals surface area contributed by atoms with Crippen molar-refractivity contribution in [3.63, 3.8) is 0 Å². The van der Waals surface area contributed by atoms with Crippen molar-refractivity contribution in [2.75, 3.05) is 0 Å². The number of thiocarbonyl (C=S) groups is 1. The lowest BCUT2D eigenvalue weighted by atomic mass is 9.65. The van der Waals surface area contributed by atoms with E-state index in [2.05, 4.69) is 5.32 Å². The molecule has 94 valence electrons. The molecule has 5 heteroatoms. The van der Waals surface area contributed by atoms with Crippen LogP contribution in [0.4, 0.5) is 0 Å². The number of nitrogens with one attached hydrogen (secondary N) is 1. The molecule has 2 rings (SSSR count). The maximum absolute atomic E-state index is 11.9. The average molecular weight is 268 g/mol. The van der Waals surface area contributed by atoms with Crippen molar-refractivity contribution in [1.29, 1.82) is 5.26 Å². The molecule has 0 radical (unpaired) electrons. The quantitative estimate of drug-likeness (QED) is 0.478. The fraction of sp³-hybridized carbons (Fsp3) is 0.214. The Kier molecular flexibility index (Phi) is 3.30. The Labute approximate surface area is 116 Å². The monoisotopic (exact) mass is 268 g/mol. The molecule has 1 aliphatic heterocycles. The molecule has 2 unspecified atom stereocenters. The van der Waals surface area contributed by atoms with Gasteiger partial charge in [0.2, 0.25) is 5.91 Å². The molecule has 1 amide bonds. The van der Waals surface area contributed by atoms with Crippen molar-refractivity contribution in [1.82, 2.24) is 5.32 Å². The molecule has 0 saturated carbocycles. The fourth-order valence-electron chi connectivity index (χ4n) is 2.34. The molecule has 0 aromatic heterocycles. The van der Waals surface area contributed by atoms with E-state index >= 15 is 0 Å². The molecule has 0 bridgehead atoms. The van der Waals surface area contributed by atoms with Gasteiger partial charge in [-0.2, -0.15) is 5.26 Å². The van der Waals surface area contributed by atoms with E-state index in [1.54, 1.807) is 31.2 Å². The Morgan fingerprint density at radius 2 is 2.05 bits per heavy atom. The number of hydrogen-bond acceptors (Lipinski definition) is 3. The molecule has 1 aliphatic rings. The molecule has 1 N–H and O–H groups in total. The second kappa shape index (κ2) is 4.77. The predicted octanol–water partition coefficient (Wildman–Crippen LogP) is 1.71. The van der Waals surface area contributed by atoms with E-state index in [9.17, 15) is 15.5 Å². The van der Waals surface area contributed by atoms with E-state index < -0.39 is 17.2 Å². The molecule has 19 heavy (non-hydrogen) atoms. The number of hydrogen-bond donors (Lipinski definition) is 1. The van der Waals surface area contributed by atoms with Crippen LogP contribution in [0, 0.1) is 17.2 Å². The number of benzene rings is 1. The van der Waals surface area contributed by atoms with Gasteiger partial charge in [0.25, 0.3) is 0 Å². The molecule has 1 aromatic rings. The summed E-state index contributed by atoms with van der Waals surface area (Å²) in [5, 5.41) is 21.0. The van der Waals surface area contributed by atoms with Crippen LogP contribution in [-0.2, 0) is 10.2 Å². The second-order valence-corrected chi connectivity index (χ2v) is 4.84. The molecule has 4 nitrogen and oxygen atoms in total. The summed E-state index contributed by atoms with van der Waals surface area (Å²) in [4.78, 5) is 12.0. The van der Waals surface area contributed by atoms with Gasteiger partial charge in [-0.1, -0.05) is 42.5 Å². The summed E-state index contributed by atoms with van der Waals surface area (Å²) in [7, 11) is 0. The number of piperidine rings is 1. The van der Waals surface area contributed by atoms with Gasteiger partial charge in [-0.25, -0.2) is 0 Å². The Balaban J connectivity index is 2.72. The van der Waals surface area contributed by atoms with E-state index in [4.69, 9.17) is 12.2 Å². The van der Waals surface area contributed by atoms with Crippen LogP contribution in [0.2, 0.25) is 0 Å². The Morgan fingerprint density at radius 1 is 1.42 bits per heavy atom. The highest BCUT2D eigenvalue weighted by molar-refractivity contribution is 7.80. The van der Waals surface area contributed by atoms with E-state index in [0.717, 1.165) is 5.56 Å². The van der Waals surface area contributed by atoms with Crippen LogP contribution in [0.15, 0.2) is 35.9 Å². The Bertz CT molecular complexity index is 640. The van der Waals surface area contributed by atoms with Crippen molar-refractivity contribution in [3.05, 3.63) is 46.9 Å². The van der Waals surface area contributed by atoms with Crippen LogP contribution in [0.1, 0.15) is 12.5 Å². The molecule has 2 atom stereocenters. The summed E-state index contributed by atoms with van der Waals surface area (Å²) in [6, 6.07) is 11.0. The summed E-state index contributed by atoms with van der Waals surface area (Å²) in [6.45, 7) is 1.71. The van der Waals surface area contributed by atoms with Gasteiger partial charge in [0, 0.05) is 5.57 Å². The highest BCUT2D eigenvalue weighted by Gasteiger charge is 2.48. The topological polar surface area (TPSA) is 75.2 Å². The number of rotatable bonds is 1. The van der Waals surface area contributed by atoms with Gasteiger partial charge in [0.15, 0.2) is 0 Å². The van der Waals surface area contributed by atoms with Crippen LogP contribution < -0.4 is 5.32 Å². The number of carbonyl (C=O) groups excluding carboxylic acids is 1. The van der Waals surface area contributed by atoms with E-state index in [0.29, 0.717) is 0 Å². The standard InChI is InChI=1S/C14H10N3OS/c1-14(9-5-3-2-4-6-9)10(7-15)12(18)17-13(19)11(14)8-16/h2-6,10H,1H3,(H,17,18,19)/q-1. The first-order valence-electron chi connectivity index (χ1n) is 5.63. The zero-order valence-electron chi connectivity index (χ0n) is 10.2. The van der Waals surface area contributed by atoms with Crippen molar-refractivity contribution < 1.29 is 4.79 Å². The SMILES string of the molecule is CC1(c2ccccc2)C(=C=[N-])C(=S)NC(=O)C1C#N. The first-order chi connectivity index (χ1) is 9.05. The molecule has 0 spiro atoms. The lowest BCUT2D eigenvalue weighted by Crippen LogP contribution is -2.54. The third-order valence-electron chi connectivity index (χ3n) is 3.44. The first kappa shape index (κ1) is 13.2. The van der Waals surface area contributed by atoms with Crippen LogP contribution in [0.5, 0.6) is 0 Å². The van der Waals surface area contributed by atoms with Crippen LogP contribution in [0.25, 0.3) is 5.41 Å². The molecule has 1 saturated heterocycles. The molecule has 1 aromatic carbocycles. The normalized spacial score (nSPS) is 26.3. The minimum Gasteiger partial charge on any atom is -0.763 e. The van der Waals surface area contributed by atoms with Crippen molar-refractivity contribution in [2.45, 2.75) is 12.3 Å². The minimum atomic E-state index is -1.01. The zero-order chi connectivity index (χ0) is 14.0. The second-order valence-electron chi connectivity index (χ2n) is 4.44. The fourth-order valence-corrected chi connectivity index (χ4v) is 2.70. The van der Waals surface area contributed by atoms with Crippen molar-refractivity contribution in [3.8, 4) is 6.07 Å². The van der Waals surface area contributed by atoms with Crippen molar-refractivity contribution in [2.24, 2.45) is 5.92 Å². The van der Waals surface area contributed by atoms with Crippen molar-refractivity contribution >= 4 is 29.0 Å². The Hall–Kier alpha value is -2.28. The molecular weight excluding hydrogens is 258 g/mol. The van der Waals surface area contributed by atoms with Crippen LogP contribution in [0.3, 0.4) is 0 Å². The maximum Gasteiger partial charge on any atom is 0.243 e. The van der Waals surface area contributed by atoms with Gasteiger partial charge in [-0.3, -0.25) is 10.7 Å². The largest absolute Gasteiger partial charge is 0.763 e. The first-order valence-corrected chi connectivity index (χ1v) is 6.04. The average Bonchev–Trinajstić information content (AvgIpc) is 2.40. The van der Waals surface area contributed by atoms with Gasteiger partial charge in [-0.15, -0.1) is 0 Å². The highest BCUT2D eigenvalue weighted by atomic mass is 32.1. The van der Waals surface area contributed by atoms with Gasteiger partial charge < -0.3 is 10.7 Å². The number of amides is 1. The number of carbonyl (C=O) groups is 1. The van der Waals surface area contributed by atoms with Gasteiger partial charge >= 0.3 is 0 Å². The van der Waals surface area contributed by atoms with E-state index in [-0.39, 0.29) is 10.6 Å².